The van der Waals surface area contributed by atoms with E-state index in [1.165, 1.54) is 43.2 Å². The number of allylic oxidation sites excluding steroid dienone is 3. The van der Waals surface area contributed by atoms with Crippen LogP contribution >= 0.6 is 11.6 Å². The van der Waals surface area contributed by atoms with Gasteiger partial charge in [0.15, 0.2) is 5.72 Å². The quantitative estimate of drug-likeness (QED) is 0.164. The van der Waals surface area contributed by atoms with Gasteiger partial charge in [-0.05, 0) is 76.5 Å². The lowest BCUT2D eigenvalue weighted by molar-refractivity contribution is -0.163. The van der Waals surface area contributed by atoms with E-state index in [2.05, 4.69) is 10.6 Å². The Morgan fingerprint density at radius 1 is 1.09 bits per heavy atom. The molecule has 18 nitrogen and oxygen atoms in total. The number of esters is 1. The number of likely N-dealkylation sites (N-methyl/N-ethyl adjacent to an activating group) is 1. The number of nitrogens with one attached hydrogen (secondary N) is 2. The minimum Gasteiger partial charge on any atom is -0.495 e. The van der Waals surface area contributed by atoms with Crippen LogP contribution in [0.15, 0.2) is 48.1 Å². The number of aliphatic hydroxyl groups is 1. The van der Waals surface area contributed by atoms with E-state index >= 15 is 0 Å². The maximum atomic E-state index is 14.3. The average Bonchev–Trinajstić information content (AvgIpc) is 3.88. The van der Waals surface area contributed by atoms with E-state index in [-0.39, 0.29) is 54.5 Å². The lowest BCUT2D eigenvalue weighted by atomic mass is 9.81. The van der Waals surface area contributed by atoms with E-state index in [0.717, 1.165) is 16.0 Å². The molecule has 8 atom stereocenters. The van der Waals surface area contributed by atoms with E-state index < -0.39 is 77.5 Å². The molecule has 5 aliphatic rings. The number of amides is 6. The molecule has 3 fully saturated rings. The van der Waals surface area contributed by atoms with Gasteiger partial charge in [0.1, 0.15) is 40.7 Å². The number of halogens is 1. The molecular weight excluding hydrogens is 878 g/mol. The number of alkyl carbamates (subject to hydrolysis) is 1. The minimum absolute atomic E-state index is 0.00377. The fourth-order valence-electron chi connectivity index (χ4n) is 9.31. The van der Waals surface area contributed by atoms with Crippen LogP contribution in [0, 0.1) is 17.8 Å². The Morgan fingerprint density at radius 2 is 1.77 bits per heavy atom. The normalized spacial score (nSPS) is 32.0. The third-order valence-electron chi connectivity index (χ3n) is 13.7. The predicted molar refractivity (Wildman–Crippen MR) is 240 cm³/mol. The van der Waals surface area contributed by atoms with Crippen LogP contribution in [0.3, 0.4) is 0 Å². The number of anilines is 1. The second-order valence-corrected chi connectivity index (χ2v) is 18.7. The summed E-state index contributed by atoms with van der Waals surface area (Å²) in [6.45, 7) is 7.34. The van der Waals surface area contributed by atoms with Gasteiger partial charge in [-0.1, -0.05) is 42.3 Å². The topological polar surface area (TPSA) is 223 Å². The van der Waals surface area contributed by atoms with Gasteiger partial charge in [0.25, 0.3) is 11.8 Å². The fourth-order valence-corrected chi connectivity index (χ4v) is 9.62. The van der Waals surface area contributed by atoms with Crippen molar-refractivity contribution in [2.75, 3.05) is 46.3 Å². The summed E-state index contributed by atoms with van der Waals surface area (Å²) in [6, 6.07) is 2.50. The van der Waals surface area contributed by atoms with Crippen molar-refractivity contribution in [2.45, 2.75) is 121 Å². The monoisotopic (exact) mass is 939 g/mol. The van der Waals surface area contributed by atoms with Crippen molar-refractivity contribution in [2.24, 2.45) is 17.8 Å². The van der Waals surface area contributed by atoms with Crippen LogP contribution in [-0.4, -0.2) is 140 Å². The summed E-state index contributed by atoms with van der Waals surface area (Å²) in [5.41, 5.74) is -1.08. The van der Waals surface area contributed by atoms with Crippen LogP contribution in [0.1, 0.15) is 78.2 Å². The highest BCUT2D eigenvalue weighted by atomic mass is 35.5. The van der Waals surface area contributed by atoms with Gasteiger partial charge in [-0.3, -0.25) is 34.2 Å². The summed E-state index contributed by atoms with van der Waals surface area (Å²) in [7, 11) is 5.99. The highest BCUT2D eigenvalue weighted by Gasteiger charge is 2.64. The first-order valence-electron chi connectivity index (χ1n) is 22.4. The van der Waals surface area contributed by atoms with Crippen LogP contribution < -0.4 is 20.3 Å². The molecule has 3 N–H and O–H groups in total. The number of hydrogen-bond acceptors (Lipinski definition) is 13. The summed E-state index contributed by atoms with van der Waals surface area (Å²) in [5, 5.41) is 17.4. The first-order chi connectivity index (χ1) is 31.2. The molecule has 1 aromatic rings. The number of rotatable bonds is 11. The Kier molecular flexibility index (Phi) is 15.7. The molecule has 66 heavy (non-hydrogen) atoms. The number of epoxide rings is 1. The number of methoxy groups -OCH3 is 2. The molecule has 0 aromatic heterocycles. The molecule has 19 heteroatoms. The molecule has 4 bridgehead atoms. The summed E-state index contributed by atoms with van der Waals surface area (Å²) < 4.78 is 29.5. The fraction of sp³-hybridized carbons (Fsp3) is 0.596. The highest BCUT2D eigenvalue weighted by molar-refractivity contribution is 6.35. The lowest BCUT2D eigenvalue weighted by Gasteiger charge is -2.42. The maximum Gasteiger partial charge on any atom is 0.409 e. The van der Waals surface area contributed by atoms with Gasteiger partial charge >= 0.3 is 12.1 Å². The second kappa shape index (κ2) is 20.7. The van der Waals surface area contributed by atoms with Gasteiger partial charge < -0.3 is 43.9 Å². The van der Waals surface area contributed by atoms with Crippen LogP contribution in [0.5, 0.6) is 5.75 Å². The van der Waals surface area contributed by atoms with E-state index in [4.69, 9.17) is 35.3 Å². The van der Waals surface area contributed by atoms with Crippen molar-refractivity contribution in [3.05, 3.63) is 58.7 Å². The Bertz CT molecular complexity index is 2150. The molecule has 2 saturated heterocycles. The zero-order chi connectivity index (χ0) is 48.2. The van der Waals surface area contributed by atoms with Crippen molar-refractivity contribution >= 4 is 58.9 Å². The number of ether oxygens (including phenoxy) is 5. The summed E-state index contributed by atoms with van der Waals surface area (Å²) in [6.07, 6.45) is 5.32. The third-order valence-corrected chi connectivity index (χ3v) is 14.1. The predicted octanol–water partition coefficient (Wildman–Crippen LogP) is 3.75. The van der Waals surface area contributed by atoms with Gasteiger partial charge in [-0.25, -0.2) is 9.59 Å². The van der Waals surface area contributed by atoms with Crippen molar-refractivity contribution in [1.29, 1.82) is 0 Å². The number of carbonyl (C=O) groups excluding carboxylic acids is 7. The maximum absolute atomic E-state index is 14.3. The standard InChI is InChI=1S/C47H62ClN5O13/c1-26-10-9-11-35(63-8)47(61)24-34(64-45(60)50-47)27(2)42-46(4,66-42)36(23-40(57)52(6)32-21-30(20-26)22-33(62-7)41(32)48)65-44(59)28(3)51(5)43(58)31-14-12-29(13-15-31)25-49-37(54)18-19-53-38(55)16-17-39(53)56/h9-11,16-17,21-22,27-29,31,34-36,42,61H,12-15,18-20,23-25H2,1-8H3,(H,49,54)(H,50,60)/b11-9+,26-10+/t27-,28-,29-,31-,34+,35-,36+,42+,46+,47+/m1/s1. The molecule has 4 aliphatic heterocycles. The van der Waals surface area contributed by atoms with Gasteiger partial charge in [0, 0.05) is 71.1 Å². The highest BCUT2D eigenvalue weighted by Crippen LogP contribution is 2.49. The van der Waals surface area contributed by atoms with E-state index in [1.807, 2.05) is 13.0 Å². The molecular formula is C47H62ClN5O13. The Hall–Kier alpha value is -5.30. The molecule has 4 heterocycles. The van der Waals surface area contributed by atoms with Gasteiger partial charge in [-0.15, -0.1) is 0 Å². The molecule has 6 amide bonds. The van der Waals surface area contributed by atoms with Crippen molar-refractivity contribution in [1.82, 2.24) is 20.4 Å². The van der Waals surface area contributed by atoms with Gasteiger partial charge in [-0.2, -0.15) is 0 Å². The zero-order valence-corrected chi connectivity index (χ0v) is 39.6. The molecule has 1 aliphatic carbocycles. The summed E-state index contributed by atoms with van der Waals surface area (Å²) in [4.78, 5) is 95.1. The van der Waals surface area contributed by atoms with E-state index in [1.54, 1.807) is 52.1 Å². The van der Waals surface area contributed by atoms with Crippen molar-refractivity contribution in [3.8, 4) is 5.75 Å². The number of benzene rings is 1. The third kappa shape index (κ3) is 11.1. The number of fused-ring (bicyclic) bond motifs is 5. The number of imide groups is 1. The zero-order valence-electron chi connectivity index (χ0n) is 38.8. The van der Waals surface area contributed by atoms with Crippen molar-refractivity contribution < 1.29 is 62.4 Å². The number of carbonyl (C=O) groups is 7. The molecule has 0 spiro atoms. The summed E-state index contributed by atoms with van der Waals surface area (Å²) in [5.74, 6) is -3.12. The van der Waals surface area contributed by atoms with Crippen LogP contribution in [-0.2, 0) is 54.1 Å². The minimum atomic E-state index is -1.86. The van der Waals surface area contributed by atoms with Gasteiger partial charge in [0.05, 0.1) is 25.3 Å². The first kappa shape index (κ1) is 50.1. The van der Waals surface area contributed by atoms with Crippen molar-refractivity contribution in [3.63, 3.8) is 0 Å². The average molecular weight is 940 g/mol. The number of nitrogens with zero attached hydrogens (tertiary/aromatic N) is 3. The van der Waals surface area contributed by atoms with E-state index in [9.17, 15) is 38.7 Å². The van der Waals surface area contributed by atoms with Crippen LogP contribution in [0.25, 0.3) is 0 Å². The molecule has 0 unspecified atom stereocenters. The molecule has 1 saturated carbocycles. The smallest absolute Gasteiger partial charge is 0.409 e. The Balaban J connectivity index is 1.16. The lowest BCUT2D eigenvalue weighted by Crippen LogP contribution is -2.63. The van der Waals surface area contributed by atoms with Gasteiger partial charge in [0.2, 0.25) is 17.7 Å². The molecule has 0 radical (unpaired) electrons. The van der Waals surface area contributed by atoms with E-state index in [0.29, 0.717) is 50.1 Å². The number of hydrogen-bond donors (Lipinski definition) is 3. The second-order valence-electron chi connectivity index (χ2n) is 18.3. The first-order valence-corrected chi connectivity index (χ1v) is 22.7. The van der Waals surface area contributed by atoms with Crippen LogP contribution in [0.2, 0.25) is 5.02 Å². The Labute approximate surface area is 389 Å². The van der Waals surface area contributed by atoms with Crippen LogP contribution in [0.4, 0.5) is 10.5 Å². The summed E-state index contributed by atoms with van der Waals surface area (Å²) >= 11 is 6.81. The molecule has 1 aromatic carbocycles. The Morgan fingerprint density at radius 3 is 2.42 bits per heavy atom. The molecule has 360 valence electrons. The SMILES string of the molecule is COc1cc2cc(c1Cl)N(C)C(=O)C[C@H](OC(=O)[C@@H](C)N(C)C(=O)[C@H]1CC[C@H](CNC(=O)CCN3C(=O)C=CC3=O)CC1)[C@]1(C)O[C@H]1[C@H](C)[C@@H]1C[C@@](O)(NC(=O)O1)[C@H](OC)/C=C/C=C(\C)C2. The largest absolute Gasteiger partial charge is 0.495 e. The molecule has 6 rings (SSSR count).